The van der Waals surface area contributed by atoms with E-state index in [1.807, 2.05) is 0 Å². The van der Waals surface area contributed by atoms with Gasteiger partial charge >= 0.3 is 0 Å². The van der Waals surface area contributed by atoms with E-state index in [1.54, 1.807) is 0 Å². The van der Waals surface area contributed by atoms with E-state index in [2.05, 4.69) is 13.1 Å². The second-order valence-electron chi connectivity index (χ2n) is 2.82. The number of hydrogen-bond donors (Lipinski definition) is 2. The van der Waals surface area contributed by atoms with Gasteiger partial charge in [-0.05, 0) is 12.5 Å². The predicted molar refractivity (Wildman–Crippen MR) is 38.2 cm³/mol. The van der Waals surface area contributed by atoms with Crippen molar-refractivity contribution in [3.8, 4) is 0 Å². The lowest BCUT2D eigenvalue weighted by Crippen LogP contribution is -2.37. The van der Waals surface area contributed by atoms with Crippen LogP contribution in [0, 0.1) is 0 Å². The van der Waals surface area contributed by atoms with Crippen molar-refractivity contribution in [2.45, 2.75) is 25.6 Å². The lowest BCUT2D eigenvalue weighted by Gasteiger charge is -2.12. The summed E-state index contributed by atoms with van der Waals surface area (Å²) >= 11 is 0. The van der Waals surface area contributed by atoms with Gasteiger partial charge in [-0.3, -0.25) is 0 Å². The third-order valence-corrected chi connectivity index (χ3v) is 2.62. The van der Waals surface area contributed by atoms with Crippen LogP contribution < -0.4 is 5.40 Å². The molecule has 0 rings (SSSR count). The molecule has 0 bridgehead atoms. The van der Waals surface area contributed by atoms with Crippen LogP contribution >= 0.6 is 0 Å². The van der Waals surface area contributed by atoms with Gasteiger partial charge in [0.15, 0.2) is 0 Å². The van der Waals surface area contributed by atoms with Crippen molar-refractivity contribution in [2.75, 3.05) is 6.61 Å². The van der Waals surface area contributed by atoms with Gasteiger partial charge in [-0.25, -0.2) is 0 Å². The van der Waals surface area contributed by atoms with E-state index in [4.69, 9.17) is 10.5 Å². The Bertz CT molecular complexity index is 59.9. The molecule has 3 heteroatoms. The summed E-state index contributed by atoms with van der Waals surface area (Å²) in [4.78, 5) is 0. The molecule has 0 amide bonds. The van der Waals surface area contributed by atoms with E-state index in [-0.39, 0.29) is 6.61 Å². The van der Waals surface area contributed by atoms with Crippen LogP contribution in [0.1, 0.15) is 6.42 Å². The normalized spacial score (nSPS) is 12.0. The Morgan fingerprint density at radius 1 is 1.50 bits per heavy atom. The zero-order chi connectivity index (χ0) is 6.62. The van der Waals surface area contributed by atoms with Gasteiger partial charge in [0.25, 0.3) is 0 Å². The van der Waals surface area contributed by atoms with E-state index in [1.165, 1.54) is 0 Å². The molecule has 0 aliphatic rings. The molecule has 0 aliphatic carbocycles. The smallest absolute Gasteiger partial charge is 0.116 e. The maximum absolute atomic E-state index is 8.40. The minimum atomic E-state index is -1.34. The SMILES string of the molecule is C[Si](C)(N)CCCO. The van der Waals surface area contributed by atoms with Gasteiger partial charge in [0.05, 0.1) is 0 Å². The minimum Gasteiger partial charge on any atom is -0.396 e. The fraction of sp³-hybridized carbons (Fsp3) is 1.00. The van der Waals surface area contributed by atoms with Crippen LogP contribution in [-0.2, 0) is 0 Å². The van der Waals surface area contributed by atoms with Gasteiger partial charge in [-0.1, -0.05) is 13.1 Å². The molecule has 0 radical (unpaired) electrons. The molecular weight excluding hydrogens is 118 g/mol. The maximum Gasteiger partial charge on any atom is 0.116 e. The minimum absolute atomic E-state index is 0.285. The quantitative estimate of drug-likeness (QED) is 0.552. The van der Waals surface area contributed by atoms with Gasteiger partial charge in [0.1, 0.15) is 8.24 Å². The largest absolute Gasteiger partial charge is 0.396 e. The molecule has 0 unspecified atom stereocenters. The summed E-state index contributed by atoms with van der Waals surface area (Å²) in [5.74, 6) is 0. The zero-order valence-electron chi connectivity index (χ0n) is 5.65. The fourth-order valence-electron chi connectivity index (χ4n) is 0.535. The highest BCUT2D eigenvalue weighted by Gasteiger charge is 2.11. The van der Waals surface area contributed by atoms with Gasteiger partial charge in [0, 0.05) is 6.61 Å². The molecule has 0 fully saturated rings. The van der Waals surface area contributed by atoms with Gasteiger partial charge in [0.2, 0.25) is 0 Å². The molecule has 0 saturated carbocycles. The molecule has 2 nitrogen and oxygen atoms in total. The first kappa shape index (κ1) is 8.14. The van der Waals surface area contributed by atoms with Crippen LogP contribution in [0.15, 0.2) is 0 Å². The highest BCUT2D eigenvalue weighted by Crippen LogP contribution is 2.02. The van der Waals surface area contributed by atoms with Crippen LogP contribution in [0.4, 0.5) is 0 Å². The molecule has 0 aromatic carbocycles. The molecule has 8 heavy (non-hydrogen) atoms. The lowest BCUT2D eigenvalue weighted by atomic mass is 10.5. The maximum atomic E-state index is 8.40. The third-order valence-electron chi connectivity index (χ3n) is 0.979. The van der Waals surface area contributed by atoms with Gasteiger partial charge in [-0.15, -0.1) is 0 Å². The molecule has 0 atom stereocenters. The Morgan fingerprint density at radius 3 is 2.12 bits per heavy atom. The van der Waals surface area contributed by atoms with Crippen LogP contribution in [0.2, 0.25) is 19.1 Å². The molecule has 0 spiro atoms. The van der Waals surface area contributed by atoms with Crippen molar-refractivity contribution in [1.82, 2.24) is 0 Å². The van der Waals surface area contributed by atoms with Crippen molar-refractivity contribution in [3.63, 3.8) is 0 Å². The van der Waals surface area contributed by atoms with Gasteiger partial charge < -0.3 is 10.5 Å². The Balaban J connectivity index is 3.11. The Kier molecular flexibility index (Phi) is 3.27. The molecule has 0 aromatic heterocycles. The van der Waals surface area contributed by atoms with Crippen LogP contribution in [0.5, 0.6) is 0 Å². The first-order valence-corrected chi connectivity index (χ1v) is 6.24. The summed E-state index contributed by atoms with van der Waals surface area (Å²) in [6.45, 7) is 4.49. The van der Waals surface area contributed by atoms with Crippen molar-refractivity contribution < 1.29 is 5.11 Å². The lowest BCUT2D eigenvalue weighted by molar-refractivity contribution is 0.294. The Morgan fingerprint density at radius 2 is 2.00 bits per heavy atom. The summed E-state index contributed by atoms with van der Waals surface area (Å²) in [5, 5.41) is 14.1. The second-order valence-corrected chi connectivity index (χ2v) is 7.29. The standard InChI is InChI=1S/C5H15NOSi/c1-8(2,6)5-3-4-7/h7H,3-6H2,1-2H3. The van der Waals surface area contributed by atoms with Crippen LogP contribution in [0.25, 0.3) is 0 Å². The number of nitrogens with two attached hydrogens (primary N) is 1. The molecule has 0 saturated heterocycles. The summed E-state index contributed by atoms with van der Waals surface area (Å²) < 4.78 is 0. The van der Waals surface area contributed by atoms with Crippen molar-refractivity contribution >= 4 is 8.24 Å². The molecular formula is C5H15NOSi. The zero-order valence-corrected chi connectivity index (χ0v) is 6.65. The number of aliphatic hydroxyl groups is 1. The van der Waals surface area contributed by atoms with E-state index in [9.17, 15) is 0 Å². The average molecular weight is 133 g/mol. The van der Waals surface area contributed by atoms with Crippen LogP contribution in [0.3, 0.4) is 0 Å². The third kappa shape index (κ3) is 6.14. The first-order chi connectivity index (χ1) is 3.56. The molecule has 3 N–H and O–H groups in total. The average Bonchev–Trinajstić information content (AvgIpc) is 1.59. The van der Waals surface area contributed by atoms with E-state index in [0.717, 1.165) is 12.5 Å². The second kappa shape index (κ2) is 3.22. The summed E-state index contributed by atoms with van der Waals surface area (Å²) in [6, 6.07) is 1.03. The molecule has 0 aliphatic heterocycles. The van der Waals surface area contributed by atoms with Crippen molar-refractivity contribution in [1.29, 1.82) is 0 Å². The number of aliphatic hydroxyl groups excluding tert-OH is 1. The van der Waals surface area contributed by atoms with Gasteiger partial charge in [-0.2, -0.15) is 0 Å². The molecule has 0 aromatic rings. The van der Waals surface area contributed by atoms with E-state index < -0.39 is 8.24 Å². The van der Waals surface area contributed by atoms with E-state index in [0.29, 0.717) is 0 Å². The predicted octanol–water partition coefficient (Wildman–Crippen LogP) is 0.533. The first-order valence-electron chi connectivity index (χ1n) is 2.96. The fourth-order valence-corrected chi connectivity index (χ4v) is 1.60. The summed E-state index contributed by atoms with van der Waals surface area (Å²) in [6.07, 6.45) is 0.871. The van der Waals surface area contributed by atoms with Crippen molar-refractivity contribution in [2.24, 2.45) is 5.40 Å². The Labute approximate surface area is 51.8 Å². The Hall–Kier alpha value is 0.137. The van der Waals surface area contributed by atoms with E-state index >= 15 is 0 Å². The topological polar surface area (TPSA) is 46.2 Å². The summed E-state index contributed by atoms with van der Waals surface area (Å²) in [7, 11) is -1.34. The number of rotatable bonds is 3. The molecule has 50 valence electrons. The monoisotopic (exact) mass is 133 g/mol. The van der Waals surface area contributed by atoms with Crippen LogP contribution in [-0.4, -0.2) is 19.9 Å². The number of hydrogen-bond acceptors (Lipinski definition) is 2. The highest BCUT2D eigenvalue weighted by atomic mass is 28.3. The van der Waals surface area contributed by atoms with Crippen molar-refractivity contribution in [3.05, 3.63) is 0 Å². The highest BCUT2D eigenvalue weighted by molar-refractivity contribution is 6.74. The summed E-state index contributed by atoms with van der Waals surface area (Å²) in [5.41, 5.74) is 0. The molecule has 0 heterocycles.